The van der Waals surface area contributed by atoms with Crippen molar-refractivity contribution in [2.45, 2.75) is 75.8 Å². The van der Waals surface area contributed by atoms with Gasteiger partial charge < -0.3 is 9.80 Å². The Bertz CT molecular complexity index is 561. The molecule has 3 aliphatic rings. The highest BCUT2D eigenvalue weighted by atomic mass is 35.5. The minimum absolute atomic E-state index is 0. The average molecular weight is 363 g/mol. The van der Waals surface area contributed by atoms with Gasteiger partial charge in [-0.3, -0.25) is 4.79 Å². The molecule has 4 rings (SSSR count). The van der Waals surface area contributed by atoms with E-state index in [4.69, 9.17) is 0 Å². The van der Waals surface area contributed by atoms with E-state index in [1.807, 2.05) is 18.2 Å². The molecule has 1 spiro atoms. The predicted molar refractivity (Wildman–Crippen MR) is 105 cm³/mol. The standard InChI is InChI=1S/C21H30N2O.ClH/c24-20-17-21(23(20)19-11-7-4-8-12-19)13-15-22(16-14-21)18-9-5-2-1-3-6-10-18;/h4,7-8,11-12,18H,1-3,5-6,9-10,13-17H2;1H. The lowest BCUT2D eigenvalue weighted by atomic mass is 9.74. The summed E-state index contributed by atoms with van der Waals surface area (Å²) >= 11 is 0. The van der Waals surface area contributed by atoms with E-state index in [0.29, 0.717) is 5.91 Å². The summed E-state index contributed by atoms with van der Waals surface area (Å²) in [4.78, 5) is 17.1. The Morgan fingerprint density at radius 1 is 0.880 bits per heavy atom. The van der Waals surface area contributed by atoms with Crippen LogP contribution in [0.5, 0.6) is 0 Å². The van der Waals surface area contributed by atoms with Crippen molar-refractivity contribution in [3.05, 3.63) is 30.3 Å². The van der Waals surface area contributed by atoms with Crippen LogP contribution in [-0.2, 0) is 4.79 Å². The second-order valence-corrected chi connectivity index (χ2v) is 8.00. The number of rotatable bonds is 2. The van der Waals surface area contributed by atoms with E-state index in [0.717, 1.165) is 31.0 Å². The molecule has 4 heteroatoms. The van der Waals surface area contributed by atoms with Gasteiger partial charge in [0.1, 0.15) is 0 Å². The zero-order chi connectivity index (χ0) is 16.4. The maximum Gasteiger partial charge on any atom is 0.229 e. The fourth-order valence-electron chi connectivity index (χ4n) is 5.11. The third-order valence-corrected chi connectivity index (χ3v) is 6.54. The summed E-state index contributed by atoms with van der Waals surface area (Å²) in [6.07, 6.45) is 12.9. The molecule has 0 aromatic heterocycles. The molecule has 0 bridgehead atoms. The Morgan fingerprint density at radius 2 is 1.48 bits per heavy atom. The Hall–Kier alpha value is -1.06. The van der Waals surface area contributed by atoms with Crippen LogP contribution in [0.2, 0.25) is 0 Å². The van der Waals surface area contributed by atoms with Gasteiger partial charge in [-0.2, -0.15) is 0 Å². The molecule has 2 heterocycles. The molecule has 1 saturated carbocycles. The minimum atomic E-state index is 0. The van der Waals surface area contributed by atoms with Crippen molar-refractivity contribution in [3.8, 4) is 0 Å². The zero-order valence-corrected chi connectivity index (χ0v) is 16.0. The fraction of sp³-hybridized carbons (Fsp3) is 0.667. The normalized spacial score (nSPS) is 25.0. The number of hydrogen-bond donors (Lipinski definition) is 0. The van der Waals surface area contributed by atoms with Crippen LogP contribution in [0.3, 0.4) is 0 Å². The van der Waals surface area contributed by atoms with Gasteiger partial charge in [0.05, 0.1) is 12.0 Å². The number of halogens is 1. The van der Waals surface area contributed by atoms with Crippen LogP contribution in [-0.4, -0.2) is 35.5 Å². The van der Waals surface area contributed by atoms with E-state index in [9.17, 15) is 4.79 Å². The number of amides is 1. The zero-order valence-electron chi connectivity index (χ0n) is 15.2. The molecule has 3 fully saturated rings. The Labute approximate surface area is 158 Å². The molecular weight excluding hydrogens is 332 g/mol. The van der Waals surface area contributed by atoms with Crippen molar-refractivity contribution in [2.75, 3.05) is 18.0 Å². The van der Waals surface area contributed by atoms with Crippen molar-refractivity contribution in [2.24, 2.45) is 0 Å². The first-order valence-electron chi connectivity index (χ1n) is 9.91. The van der Waals surface area contributed by atoms with Crippen LogP contribution in [0.25, 0.3) is 0 Å². The number of carbonyl (C=O) groups excluding carboxylic acids is 1. The summed E-state index contributed by atoms with van der Waals surface area (Å²) < 4.78 is 0. The topological polar surface area (TPSA) is 23.6 Å². The van der Waals surface area contributed by atoms with Gasteiger partial charge in [0.25, 0.3) is 0 Å². The van der Waals surface area contributed by atoms with E-state index in [1.165, 1.54) is 58.0 Å². The SMILES string of the molecule is Cl.O=C1CC2(CCN(C3CCCCCCC3)CC2)N1c1ccccc1. The summed E-state index contributed by atoms with van der Waals surface area (Å²) in [5.41, 5.74) is 1.20. The molecular formula is C21H31ClN2O. The molecule has 1 aromatic rings. The number of carbonyl (C=O) groups is 1. The molecule has 1 amide bonds. The summed E-state index contributed by atoms with van der Waals surface area (Å²) in [6.45, 7) is 2.34. The Kier molecular flexibility index (Phi) is 6.06. The Morgan fingerprint density at radius 3 is 2.08 bits per heavy atom. The summed E-state index contributed by atoms with van der Waals surface area (Å²) in [5.74, 6) is 0.306. The van der Waals surface area contributed by atoms with Gasteiger partial charge in [-0.05, 0) is 37.8 Å². The van der Waals surface area contributed by atoms with E-state index >= 15 is 0 Å². The number of benzene rings is 1. The first kappa shape index (κ1) is 18.7. The lowest BCUT2D eigenvalue weighted by Crippen LogP contribution is -2.68. The van der Waals surface area contributed by atoms with E-state index < -0.39 is 0 Å². The Balaban J connectivity index is 0.00000182. The van der Waals surface area contributed by atoms with Gasteiger partial charge in [0.2, 0.25) is 5.91 Å². The second-order valence-electron chi connectivity index (χ2n) is 8.00. The molecule has 0 atom stereocenters. The molecule has 0 radical (unpaired) electrons. The van der Waals surface area contributed by atoms with Crippen LogP contribution in [0.4, 0.5) is 5.69 Å². The lowest BCUT2D eigenvalue weighted by molar-refractivity contribution is -0.129. The van der Waals surface area contributed by atoms with E-state index in [1.54, 1.807) is 0 Å². The lowest BCUT2D eigenvalue weighted by Gasteiger charge is -2.56. The van der Waals surface area contributed by atoms with Crippen molar-refractivity contribution in [1.82, 2.24) is 4.90 Å². The first-order chi connectivity index (χ1) is 11.8. The highest BCUT2D eigenvalue weighted by Crippen LogP contribution is 2.44. The van der Waals surface area contributed by atoms with Gasteiger partial charge >= 0.3 is 0 Å². The van der Waals surface area contributed by atoms with E-state index in [2.05, 4.69) is 21.9 Å². The van der Waals surface area contributed by atoms with Crippen molar-refractivity contribution in [3.63, 3.8) is 0 Å². The molecule has 2 saturated heterocycles. The molecule has 3 nitrogen and oxygen atoms in total. The molecule has 138 valence electrons. The third-order valence-electron chi connectivity index (χ3n) is 6.54. The van der Waals surface area contributed by atoms with Gasteiger partial charge in [0, 0.05) is 24.8 Å². The third kappa shape index (κ3) is 3.73. The van der Waals surface area contributed by atoms with Gasteiger partial charge in [0.15, 0.2) is 0 Å². The van der Waals surface area contributed by atoms with Crippen LogP contribution in [0.15, 0.2) is 30.3 Å². The molecule has 1 aliphatic carbocycles. The van der Waals surface area contributed by atoms with Crippen molar-refractivity contribution < 1.29 is 4.79 Å². The fourth-order valence-corrected chi connectivity index (χ4v) is 5.11. The summed E-state index contributed by atoms with van der Waals surface area (Å²) in [6, 6.07) is 11.1. The monoisotopic (exact) mass is 362 g/mol. The first-order valence-corrected chi connectivity index (χ1v) is 9.91. The molecule has 0 N–H and O–H groups in total. The largest absolute Gasteiger partial charge is 0.306 e. The minimum Gasteiger partial charge on any atom is -0.306 e. The number of para-hydroxylation sites is 1. The van der Waals surface area contributed by atoms with E-state index in [-0.39, 0.29) is 17.9 Å². The highest BCUT2D eigenvalue weighted by molar-refractivity contribution is 6.02. The molecule has 25 heavy (non-hydrogen) atoms. The predicted octanol–water partition coefficient (Wildman–Crippen LogP) is 4.79. The number of β-lactam (4-membered cyclic amide) rings is 1. The quantitative estimate of drug-likeness (QED) is 0.706. The van der Waals surface area contributed by atoms with Crippen LogP contribution >= 0.6 is 12.4 Å². The molecule has 0 unspecified atom stereocenters. The second kappa shape index (κ2) is 8.09. The van der Waals surface area contributed by atoms with Gasteiger partial charge in [-0.1, -0.05) is 50.3 Å². The maximum atomic E-state index is 12.3. The van der Waals surface area contributed by atoms with Gasteiger partial charge in [-0.15, -0.1) is 12.4 Å². The summed E-state index contributed by atoms with van der Waals surface area (Å²) in [7, 11) is 0. The highest BCUT2D eigenvalue weighted by Gasteiger charge is 2.52. The molecule has 1 aromatic carbocycles. The smallest absolute Gasteiger partial charge is 0.229 e. The number of likely N-dealkylation sites (tertiary alicyclic amines) is 1. The number of nitrogens with zero attached hydrogens (tertiary/aromatic N) is 2. The number of hydrogen-bond acceptors (Lipinski definition) is 2. The average Bonchev–Trinajstić information content (AvgIpc) is 2.56. The van der Waals surface area contributed by atoms with Crippen molar-refractivity contribution >= 4 is 24.0 Å². The maximum absolute atomic E-state index is 12.3. The summed E-state index contributed by atoms with van der Waals surface area (Å²) in [5, 5.41) is 0. The number of anilines is 1. The van der Waals surface area contributed by atoms with Crippen molar-refractivity contribution in [1.29, 1.82) is 0 Å². The molecule has 2 aliphatic heterocycles. The van der Waals surface area contributed by atoms with Gasteiger partial charge in [-0.25, -0.2) is 0 Å². The van der Waals surface area contributed by atoms with Crippen LogP contribution in [0.1, 0.15) is 64.2 Å². The van der Waals surface area contributed by atoms with Crippen LogP contribution in [0, 0.1) is 0 Å². The van der Waals surface area contributed by atoms with Crippen LogP contribution < -0.4 is 4.90 Å². The number of piperidine rings is 1.